The summed E-state index contributed by atoms with van der Waals surface area (Å²) in [5, 5.41) is 17.5. The highest BCUT2D eigenvalue weighted by molar-refractivity contribution is 6.03. The molecule has 0 aliphatic heterocycles. The monoisotopic (exact) mass is 417 g/mol. The molecular weight excluding hydrogens is 386 g/mol. The maximum atomic E-state index is 12.2. The van der Waals surface area contributed by atoms with Crippen LogP contribution < -0.4 is 16.4 Å². The Morgan fingerprint density at radius 1 is 1.06 bits per heavy atom. The van der Waals surface area contributed by atoms with Gasteiger partial charge in [0.05, 0.1) is 17.0 Å². The molecule has 4 fully saturated rings. The van der Waals surface area contributed by atoms with Gasteiger partial charge in [-0.2, -0.15) is 0 Å². The van der Waals surface area contributed by atoms with Gasteiger partial charge < -0.3 is 21.5 Å². The predicted octanol–water partition coefficient (Wildman–Crippen LogP) is 4.09. The Morgan fingerprint density at radius 2 is 1.77 bits per heavy atom. The summed E-state index contributed by atoms with van der Waals surface area (Å²) in [6.07, 6.45) is 9.93. The first-order valence-corrected chi connectivity index (χ1v) is 11.3. The fourth-order valence-electron chi connectivity index (χ4n) is 6.41. The van der Waals surface area contributed by atoms with E-state index in [0.29, 0.717) is 23.2 Å². The molecule has 31 heavy (non-hydrogen) atoms. The standard InChI is InChI=1S/C26H31N3O2/c27-22-3-1-2-4-23(22)29-24(30)10-9-18-5-7-19(8-6-18)16-28-25-12-20-11-21(13-25)15-26(31,14-20)17-25/h1-10,20-21,28,31H,11-17,27H2,(H,29,30). The predicted molar refractivity (Wildman–Crippen MR) is 124 cm³/mol. The maximum Gasteiger partial charge on any atom is 0.248 e. The molecule has 5 heteroatoms. The molecule has 0 spiro atoms. The van der Waals surface area contributed by atoms with E-state index in [1.54, 1.807) is 18.2 Å². The number of nitrogens with two attached hydrogens (primary N) is 1. The number of rotatable bonds is 6. The Labute approximate surface area is 183 Å². The van der Waals surface area contributed by atoms with Gasteiger partial charge in [0.1, 0.15) is 0 Å². The van der Waals surface area contributed by atoms with Crippen molar-refractivity contribution in [2.24, 2.45) is 11.8 Å². The molecule has 2 atom stereocenters. The van der Waals surface area contributed by atoms with Crippen LogP contribution in [0, 0.1) is 11.8 Å². The van der Waals surface area contributed by atoms with Crippen molar-refractivity contribution in [1.29, 1.82) is 0 Å². The highest BCUT2D eigenvalue weighted by Gasteiger charge is 2.56. The normalized spacial score (nSPS) is 31.3. The maximum absolute atomic E-state index is 12.2. The lowest BCUT2D eigenvalue weighted by Crippen LogP contribution is -2.64. The van der Waals surface area contributed by atoms with Gasteiger partial charge in [-0.15, -0.1) is 0 Å². The van der Waals surface area contributed by atoms with Crippen molar-refractivity contribution < 1.29 is 9.90 Å². The average molecular weight is 418 g/mol. The van der Waals surface area contributed by atoms with Crippen molar-refractivity contribution in [1.82, 2.24) is 5.32 Å². The summed E-state index contributed by atoms with van der Waals surface area (Å²) in [5.74, 6) is 1.16. The fourth-order valence-corrected chi connectivity index (χ4v) is 6.41. The van der Waals surface area contributed by atoms with Crippen molar-refractivity contribution >= 4 is 23.4 Å². The summed E-state index contributed by atoms with van der Waals surface area (Å²) in [4.78, 5) is 12.2. The topological polar surface area (TPSA) is 87.4 Å². The lowest BCUT2D eigenvalue weighted by atomic mass is 9.51. The second kappa shape index (κ2) is 7.81. The van der Waals surface area contributed by atoms with Gasteiger partial charge in [0.15, 0.2) is 0 Å². The number of nitrogens with one attached hydrogen (secondary N) is 2. The van der Waals surface area contributed by atoms with Crippen LogP contribution in [0.2, 0.25) is 0 Å². The minimum atomic E-state index is -0.434. The van der Waals surface area contributed by atoms with E-state index in [-0.39, 0.29) is 11.4 Å². The molecule has 1 amide bonds. The molecule has 6 rings (SSSR count). The van der Waals surface area contributed by atoms with Gasteiger partial charge in [0, 0.05) is 18.2 Å². The van der Waals surface area contributed by atoms with E-state index >= 15 is 0 Å². The van der Waals surface area contributed by atoms with E-state index in [4.69, 9.17) is 5.73 Å². The van der Waals surface area contributed by atoms with Gasteiger partial charge in [-0.05, 0) is 79.7 Å². The number of para-hydroxylation sites is 2. The molecule has 5 N–H and O–H groups in total. The van der Waals surface area contributed by atoms with Gasteiger partial charge in [-0.25, -0.2) is 0 Å². The van der Waals surface area contributed by atoms with Crippen molar-refractivity contribution in [3.8, 4) is 0 Å². The second-order valence-corrected chi connectivity index (χ2v) is 9.97. The second-order valence-electron chi connectivity index (χ2n) is 9.97. The smallest absolute Gasteiger partial charge is 0.248 e. The Kier molecular flexibility index (Phi) is 5.11. The van der Waals surface area contributed by atoms with E-state index in [1.165, 1.54) is 30.9 Å². The third-order valence-electron chi connectivity index (χ3n) is 7.32. The van der Waals surface area contributed by atoms with Gasteiger partial charge >= 0.3 is 0 Å². The van der Waals surface area contributed by atoms with Gasteiger partial charge in [0.25, 0.3) is 0 Å². The lowest BCUT2D eigenvalue weighted by Gasteiger charge is -2.60. The van der Waals surface area contributed by atoms with E-state index in [0.717, 1.165) is 31.4 Å². The van der Waals surface area contributed by atoms with Crippen LogP contribution in [0.5, 0.6) is 0 Å². The number of hydrogen-bond acceptors (Lipinski definition) is 4. The lowest BCUT2D eigenvalue weighted by molar-refractivity contribution is -0.142. The van der Waals surface area contributed by atoms with Crippen LogP contribution in [-0.4, -0.2) is 22.2 Å². The summed E-state index contributed by atoms with van der Waals surface area (Å²) in [6, 6.07) is 15.5. The molecule has 0 radical (unpaired) electrons. The van der Waals surface area contributed by atoms with Crippen LogP contribution in [0.3, 0.4) is 0 Å². The molecule has 2 aromatic rings. The third kappa shape index (κ3) is 4.39. The molecule has 0 aromatic heterocycles. The number of carbonyl (C=O) groups is 1. The van der Waals surface area contributed by atoms with E-state index in [9.17, 15) is 9.90 Å². The Hall–Kier alpha value is -2.63. The van der Waals surface area contributed by atoms with Crippen LogP contribution >= 0.6 is 0 Å². The summed E-state index contributed by atoms with van der Waals surface area (Å²) in [6.45, 7) is 0.813. The van der Waals surface area contributed by atoms with Crippen LogP contribution in [0.25, 0.3) is 6.08 Å². The van der Waals surface area contributed by atoms with Crippen molar-refractivity contribution in [2.45, 2.75) is 56.2 Å². The molecule has 0 saturated heterocycles. The Morgan fingerprint density at radius 3 is 2.45 bits per heavy atom. The fraction of sp³-hybridized carbons (Fsp3) is 0.423. The first kappa shape index (κ1) is 20.3. The molecule has 162 valence electrons. The van der Waals surface area contributed by atoms with Crippen molar-refractivity contribution in [3.63, 3.8) is 0 Å². The molecule has 4 aliphatic carbocycles. The summed E-state index contributed by atoms with van der Waals surface area (Å²) in [7, 11) is 0. The SMILES string of the molecule is Nc1ccccc1NC(=O)C=Cc1ccc(CNC23CC4CC(CC(O)(C4)C2)C3)cc1. The number of hydrogen-bond donors (Lipinski definition) is 4. The van der Waals surface area contributed by atoms with Crippen molar-refractivity contribution in [2.75, 3.05) is 11.1 Å². The van der Waals surface area contributed by atoms with Crippen LogP contribution in [0.15, 0.2) is 54.6 Å². The Bertz CT molecular complexity index is 984. The summed E-state index contributed by atoms with van der Waals surface area (Å²) in [5.41, 5.74) is 8.90. The van der Waals surface area contributed by atoms with Crippen LogP contribution in [-0.2, 0) is 11.3 Å². The van der Waals surface area contributed by atoms with Gasteiger partial charge in [-0.3, -0.25) is 4.79 Å². The minimum Gasteiger partial charge on any atom is -0.397 e. The van der Waals surface area contributed by atoms with E-state index in [2.05, 4.69) is 22.8 Å². The van der Waals surface area contributed by atoms with Gasteiger partial charge in [0.2, 0.25) is 5.91 Å². The van der Waals surface area contributed by atoms with E-state index < -0.39 is 5.60 Å². The zero-order valence-corrected chi connectivity index (χ0v) is 17.8. The molecule has 5 nitrogen and oxygen atoms in total. The summed E-state index contributed by atoms with van der Waals surface area (Å²) < 4.78 is 0. The van der Waals surface area contributed by atoms with Crippen molar-refractivity contribution in [3.05, 3.63) is 65.7 Å². The number of aliphatic hydroxyl groups is 1. The highest BCUT2D eigenvalue weighted by Crippen LogP contribution is 2.57. The quantitative estimate of drug-likeness (QED) is 0.421. The minimum absolute atomic E-state index is 0.106. The van der Waals surface area contributed by atoms with E-state index in [1.807, 2.05) is 24.3 Å². The number of carbonyl (C=O) groups excluding carboxylic acids is 1. The number of benzene rings is 2. The zero-order chi connectivity index (χ0) is 21.5. The zero-order valence-electron chi connectivity index (χ0n) is 17.8. The molecular formula is C26H31N3O2. The Balaban J connectivity index is 1.17. The van der Waals surface area contributed by atoms with Crippen LogP contribution in [0.1, 0.15) is 49.7 Å². The highest BCUT2D eigenvalue weighted by atomic mass is 16.3. The average Bonchev–Trinajstić information content (AvgIpc) is 2.71. The number of amides is 1. The number of nitrogen functional groups attached to an aromatic ring is 1. The molecule has 4 saturated carbocycles. The molecule has 4 bridgehead atoms. The van der Waals surface area contributed by atoms with Gasteiger partial charge in [-0.1, -0.05) is 36.4 Å². The number of anilines is 2. The molecule has 2 aromatic carbocycles. The van der Waals surface area contributed by atoms with Crippen LogP contribution in [0.4, 0.5) is 11.4 Å². The molecule has 2 unspecified atom stereocenters. The molecule has 4 aliphatic rings. The molecule has 0 heterocycles. The first-order valence-electron chi connectivity index (χ1n) is 11.3. The largest absolute Gasteiger partial charge is 0.397 e. The summed E-state index contributed by atoms with van der Waals surface area (Å²) >= 11 is 0. The third-order valence-corrected chi connectivity index (χ3v) is 7.32. The first-order chi connectivity index (χ1) is 14.9.